The third-order valence-electron chi connectivity index (χ3n) is 0.730. The molecule has 11 heavy (non-hydrogen) atoms. The van der Waals surface area contributed by atoms with Gasteiger partial charge in [-0.25, -0.2) is 4.98 Å². The van der Waals surface area contributed by atoms with Gasteiger partial charge in [0.1, 0.15) is 11.8 Å². The number of hydrogen-bond donors (Lipinski definition) is 0. The molecule has 0 aliphatic rings. The molecule has 0 aliphatic carbocycles. The third kappa shape index (κ3) is 6.39. The first-order chi connectivity index (χ1) is 5.35. The van der Waals surface area contributed by atoms with Crippen LogP contribution in [-0.2, 0) is 0 Å². The molecule has 1 radical (unpaired) electrons. The summed E-state index contributed by atoms with van der Waals surface area (Å²) in [5, 5.41) is 8.21. The molecule has 53 valence electrons. The van der Waals surface area contributed by atoms with Crippen molar-refractivity contribution >= 4 is 36.3 Å². The molecule has 2 nitrogen and oxygen atoms in total. The number of rotatable bonds is 0. The summed E-state index contributed by atoms with van der Waals surface area (Å²) in [6, 6.07) is 7.87. The Morgan fingerprint density at radius 1 is 1.64 bits per heavy atom. The molecule has 1 rings (SSSR count). The Morgan fingerprint density at radius 2 is 2.27 bits per heavy atom. The number of nitriles is 1. The van der Waals surface area contributed by atoms with E-state index in [0.717, 1.165) is 0 Å². The smallest absolute Gasteiger partial charge is 0.309 e. The molecule has 0 saturated carbocycles. The summed E-state index contributed by atoms with van der Waals surface area (Å²) < 4.78 is 0. The van der Waals surface area contributed by atoms with Gasteiger partial charge in [0.2, 0.25) is 0 Å². The van der Waals surface area contributed by atoms with Gasteiger partial charge in [0.25, 0.3) is 0 Å². The van der Waals surface area contributed by atoms with E-state index in [1.165, 1.54) is 6.20 Å². The molecule has 1 aromatic heterocycles. The lowest BCUT2D eigenvalue weighted by molar-refractivity contribution is 1.26. The predicted octanol–water partition coefficient (Wildman–Crippen LogP) is 1.75. The second-order valence-corrected chi connectivity index (χ2v) is 3.98. The van der Waals surface area contributed by atoms with E-state index in [2.05, 4.69) is 11.1 Å². The zero-order chi connectivity index (χ0) is 8.53. The molecule has 0 bridgehead atoms. The normalized spacial score (nSPS) is 6.64. The summed E-state index contributed by atoms with van der Waals surface area (Å²) in [6.07, 6.45) is 1.47. The first-order valence-electron chi connectivity index (χ1n) is 2.69. The Hall–Kier alpha value is -0.0138. The highest BCUT2D eigenvalue weighted by atomic mass is 35.6. The second kappa shape index (κ2) is 8.09. The standard InChI is InChI=1S/C6H3N2.2ClH.Mg/c7-5-6-3-1-2-4-8-6;;;/h1,3-4H;2*1H;/q;;;+2/p-2. The molecular weight excluding hydrogens is 195 g/mol. The van der Waals surface area contributed by atoms with Crippen LogP contribution in [0.4, 0.5) is 0 Å². The lowest BCUT2D eigenvalue weighted by atomic mass is 10.4. The Bertz CT molecular complexity index is 222. The number of hydrogen-bond acceptors (Lipinski definition) is 2. The maximum absolute atomic E-state index is 8.21. The Balaban J connectivity index is 0.000000292. The number of pyridine rings is 1. The average molecular weight is 198 g/mol. The van der Waals surface area contributed by atoms with Crippen molar-refractivity contribution < 1.29 is 0 Å². The maximum Gasteiger partial charge on any atom is 0.618 e. The lowest BCUT2D eigenvalue weighted by Gasteiger charge is -1.78. The molecule has 0 fully saturated rings. The summed E-state index contributed by atoms with van der Waals surface area (Å²) in [5.74, 6) is 0. The van der Waals surface area contributed by atoms with Crippen LogP contribution in [0.2, 0.25) is 0 Å². The van der Waals surface area contributed by atoms with Gasteiger partial charge in [-0.2, -0.15) is 5.26 Å². The fourth-order valence-corrected chi connectivity index (χ4v) is 0.386. The largest absolute Gasteiger partial charge is 0.618 e. The quantitative estimate of drug-likeness (QED) is 0.595. The number of nitrogens with zero attached hydrogens (tertiary/aromatic N) is 2. The van der Waals surface area contributed by atoms with Crippen molar-refractivity contribution in [2.24, 2.45) is 0 Å². The van der Waals surface area contributed by atoms with Crippen LogP contribution >= 0.6 is 18.1 Å². The summed E-state index contributed by atoms with van der Waals surface area (Å²) in [4.78, 5) is 3.68. The highest BCUT2D eigenvalue weighted by molar-refractivity contribution is 7.22. The van der Waals surface area contributed by atoms with Crippen molar-refractivity contribution in [3.05, 3.63) is 30.1 Å². The van der Waals surface area contributed by atoms with E-state index >= 15 is 0 Å². The highest BCUT2D eigenvalue weighted by Gasteiger charge is 1.81. The van der Waals surface area contributed by atoms with Crippen molar-refractivity contribution in [1.29, 1.82) is 5.26 Å². The van der Waals surface area contributed by atoms with Crippen LogP contribution in [0, 0.1) is 17.4 Å². The van der Waals surface area contributed by atoms with E-state index < -0.39 is 18.2 Å². The Kier molecular flexibility index (Phi) is 8.08. The monoisotopic (exact) mass is 197 g/mol. The van der Waals surface area contributed by atoms with Gasteiger partial charge in [0, 0.05) is 12.3 Å². The first kappa shape index (κ1) is 11.0. The first-order valence-corrected chi connectivity index (χ1v) is 6.97. The summed E-state index contributed by atoms with van der Waals surface area (Å²) >= 11 is -0.639. The van der Waals surface area contributed by atoms with Gasteiger partial charge in [0.15, 0.2) is 0 Å². The third-order valence-corrected chi connectivity index (χ3v) is 0.730. The van der Waals surface area contributed by atoms with Gasteiger partial charge >= 0.3 is 18.2 Å². The minimum Gasteiger partial charge on any atom is -0.309 e. The van der Waals surface area contributed by atoms with Crippen molar-refractivity contribution in [3.63, 3.8) is 0 Å². The van der Waals surface area contributed by atoms with E-state index in [9.17, 15) is 0 Å². The topological polar surface area (TPSA) is 36.7 Å². The van der Waals surface area contributed by atoms with Gasteiger partial charge in [-0.05, 0) is 12.1 Å². The predicted molar refractivity (Wildman–Crippen MR) is 45.2 cm³/mol. The van der Waals surface area contributed by atoms with E-state index in [0.29, 0.717) is 5.69 Å². The molecule has 0 spiro atoms. The van der Waals surface area contributed by atoms with E-state index in [1.807, 2.05) is 6.07 Å². The van der Waals surface area contributed by atoms with Crippen LogP contribution in [-0.4, -0.2) is 23.1 Å². The minimum atomic E-state index is -0.639. The Morgan fingerprint density at radius 3 is 2.55 bits per heavy atom. The van der Waals surface area contributed by atoms with Crippen LogP contribution in [0.3, 0.4) is 0 Å². The zero-order valence-corrected chi connectivity index (χ0v) is 8.52. The lowest BCUT2D eigenvalue weighted by Crippen LogP contribution is -1.75. The molecule has 5 heteroatoms. The Labute approximate surface area is 82.4 Å². The molecule has 0 saturated heterocycles. The van der Waals surface area contributed by atoms with Crippen molar-refractivity contribution in [1.82, 2.24) is 4.98 Å². The molecule has 0 atom stereocenters. The van der Waals surface area contributed by atoms with Crippen LogP contribution < -0.4 is 0 Å². The van der Waals surface area contributed by atoms with E-state index in [-0.39, 0.29) is 0 Å². The molecular formula is C6H3Cl2MgN2. The molecule has 0 aliphatic heterocycles. The van der Waals surface area contributed by atoms with Crippen LogP contribution in [0.5, 0.6) is 0 Å². The molecule has 0 unspecified atom stereocenters. The fourth-order valence-electron chi connectivity index (χ4n) is 0.386. The maximum atomic E-state index is 8.21. The molecule has 0 amide bonds. The molecule has 1 aromatic rings. The van der Waals surface area contributed by atoms with Gasteiger partial charge in [-0.15, -0.1) is 0 Å². The van der Waals surface area contributed by atoms with Crippen molar-refractivity contribution in [2.75, 3.05) is 0 Å². The SMILES string of the molecule is N#Cc1cc[c]cn1.[Cl][Mg][Cl]. The summed E-state index contributed by atoms with van der Waals surface area (Å²) in [5.41, 5.74) is 0.434. The summed E-state index contributed by atoms with van der Waals surface area (Å²) in [7, 11) is 9.81. The van der Waals surface area contributed by atoms with Crippen LogP contribution in [0.1, 0.15) is 5.69 Å². The number of halogens is 2. The van der Waals surface area contributed by atoms with Crippen molar-refractivity contribution in [2.45, 2.75) is 0 Å². The van der Waals surface area contributed by atoms with Gasteiger partial charge in [-0.1, -0.05) is 0 Å². The van der Waals surface area contributed by atoms with Gasteiger partial charge < -0.3 is 18.1 Å². The van der Waals surface area contributed by atoms with Crippen LogP contribution in [0.15, 0.2) is 18.3 Å². The second-order valence-electron chi connectivity index (χ2n) is 1.36. The highest BCUT2D eigenvalue weighted by Crippen LogP contribution is 1.86. The number of aromatic nitrogens is 1. The van der Waals surface area contributed by atoms with Crippen LogP contribution in [0.25, 0.3) is 0 Å². The molecule has 0 N–H and O–H groups in total. The average Bonchev–Trinajstić information content (AvgIpc) is 2.08. The molecule has 0 aromatic carbocycles. The van der Waals surface area contributed by atoms with E-state index in [1.54, 1.807) is 12.1 Å². The van der Waals surface area contributed by atoms with E-state index in [4.69, 9.17) is 23.4 Å². The fraction of sp³-hybridized carbons (Fsp3) is 0. The zero-order valence-electron chi connectivity index (χ0n) is 5.59. The van der Waals surface area contributed by atoms with Gasteiger partial charge in [-0.3, -0.25) is 0 Å². The minimum absolute atomic E-state index is 0.434. The van der Waals surface area contributed by atoms with Gasteiger partial charge in [0.05, 0.1) is 0 Å². The van der Waals surface area contributed by atoms with Crippen molar-refractivity contribution in [3.8, 4) is 6.07 Å². The molecule has 1 heterocycles. The summed E-state index contributed by atoms with van der Waals surface area (Å²) in [6.45, 7) is 0.